The quantitative estimate of drug-likeness (QED) is 0.518. The lowest BCUT2D eigenvalue weighted by Gasteiger charge is -2.15. The van der Waals surface area contributed by atoms with E-state index in [0.717, 1.165) is 12.7 Å². The molecule has 3 aromatic heterocycles. The summed E-state index contributed by atoms with van der Waals surface area (Å²) in [7, 11) is -1.08. The molecule has 3 heterocycles. The fourth-order valence-electron chi connectivity index (χ4n) is 2.04. The molecular weight excluding hydrogens is 312 g/mol. The van der Waals surface area contributed by atoms with E-state index in [-0.39, 0.29) is 5.95 Å². The molecule has 23 heavy (non-hydrogen) atoms. The van der Waals surface area contributed by atoms with Gasteiger partial charge in [-0.1, -0.05) is 19.6 Å². The van der Waals surface area contributed by atoms with E-state index in [9.17, 15) is 0 Å². The number of fused-ring (bicyclic) bond motifs is 1. The molecule has 0 fully saturated rings. The molecule has 122 valence electrons. The van der Waals surface area contributed by atoms with Crippen LogP contribution >= 0.6 is 0 Å². The van der Waals surface area contributed by atoms with Crippen molar-refractivity contribution in [1.29, 1.82) is 0 Å². The third-order valence-electron chi connectivity index (χ3n) is 3.30. The lowest BCUT2D eigenvalue weighted by Crippen LogP contribution is -2.22. The molecular formula is C13H20N8OSi. The van der Waals surface area contributed by atoms with Gasteiger partial charge in [-0.3, -0.25) is 0 Å². The van der Waals surface area contributed by atoms with Crippen molar-refractivity contribution in [3.05, 3.63) is 12.3 Å². The first-order valence-electron chi connectivity index (χ1n) is 7.38. The maximum Gasteiger partial charge on any atom is 0.222 e. The number of nitrogens with zero attached hydrogens (tertiary/aromatic N) is 6. The third kappa shape index (κ3) is 3.71. The molecule has 0 unspecified atom stereocenters. The largest absolute Gasteiger partial charge is 0.368 e. The van der Waals surface area contributed by atoms with E-state index >= 15 is 0 Å². The summed E-state index contributed by atoms with van der Waals surface area (Å²) in [6, 6.07) is 2.97. The second-order valence-corrected chi connectivity index (χ2v) is 12.1. The summed E-state index contributed by atoms with van der Waals surface area (Å²) in [5, 5.41) is 15.0. The number of anilines is 1. The molecule has 0 bridgehead atoms. The number of rotatable bonds is 6. The van der Waals surface area contributed by atoms with E-state index in [4.69, 9.17) is 10.5 Å². The van der Waals surface area contributed by atoms with E-state index in [1.54, 1.807) is 4.68 Å². The molecule has 0 saturated heterocycles. The number of nitrogens with two attached hydrogens (primary N) is 1. The lowest BCUT2D eigenvalue weighted by atomic mass is 10.3. The SMILES string of the molecule is C[Si](C)(C)CCOCn1ccc(-c2nc(N)nc3n[nH]nc23)n1. The van der Waals surface area contributed by atoms with Crippen molar-refractivity contribution in [3.63, 3.8) is 0 Å². The second-order valence-electron chi connectivity index (χ2n) is 6.51. The minimum Gasteiger partial charge on any atom is -0.368 e. The minimum absolute atomic E-state index is 0.141. The molecule has 0 aliphatic rings. The zero-order valence-electron chi connectivity index (χ0n) is 13.4. The van der Waals surface area contributed by atoms with Crippen LogP contribution in [0.15, 0.2) is 12.3 Å². The van der Waals surface area contributed by atoms with Crippen LogP contribution < -0.4 is 5.73 Å². The number of hydrogen-bond donors (Lipinski definition) is 2. The molecule has 3 aromatic rings. The van der Waals surface area contributed by atoms with Crippen molar-refractivity contribution in [2.75, 3.05) is 12.3 Å². The van der Waals surface area contributed by atoms with Crippen LogP contribution in [0.25, 0.3) is 22.6 Å². The fraction of sp³-hybridized carbons (Fsp3) is 0.462. The van der Waals surface area contributed by atoms with Gasteiger partial charge >= 0.3 is 0 Å². The summed E-state index contributed by atoms with van der Waals surface area (Å²) in [6.45, 7) is 8.13. The molecule has 0 aliphatic carbocycles. The third-order valence-corrected chi connectivity index (χ3v) is 5.01. The van der Waals surface area contributed by atoms with Crippen LogP contribution in [0.1, 0.15) is 0 Å². The monoisotopic (exact) mass is 332 g/mol. The van der Waals surface area contributed by atoms with E-state index in [0.29, 0.717) is 29.3 Å². The Labute approximate surface area is 134 Å². The first-order valence-corrected chi connectivity index (χ1v) is 11.1. The van der Waals surface area contributed by atoms with Crippen LogP contribution in [0.2, 0.25) is 25.7 Å². The Morgan fingerprint density at radius 2 is 2.09 bits per heavy atom. The van der Waals surface area contributed by atoms with Gasteiger partial charge in [0.25, 0.3) is 0 Å². The Morgan fingerprint density at radius 1 is 1.26 bits per heavy atom. The van der Waals surface area contributed by atoms with Gasteiger partial charge in [-0.15, -0.1) is 5.10 Å². The summed E-state index contributed by atoms with van der Waals surface area (Å²) in [5.74, 6) is 0.141. The van der Waals surface area contributed by atoms with Crippen molar-refractivity contribution in [1.82, 2.24) is 35.2 Å². The Morgan fingerprint density at radius 3 is 2.87 bits per heavy atom. The predicted molar refractivity (Wildman–Crippen MR) is 89.2 cm³/mol. The Bertz CT molecular complexity index is 806. The first-order chi connectivity index (χ1) is 10.9. The molecule has 0 atom stereocenters. The summed E-state index contributed by atoms with van der Waals surface area (Å²) in [6.07, 6.45) is 1.84. The summed E-state index contributed by atoms with van der Waals surface area (Å²) < 4.78 is 7.41. The van der Waals surface area contributed by atoms with Gasteiger partial charge in [0.15, 0.2) is 5.52 Å². The standard InChI is InChI=1S/C13H20N8OSi/c1-23(2,3)7-6-22-8-21-5-4-9(19-21)10-11-12(18-20-17-11)16-13(14)15-10/h4-5H,6-8H2,1-3H3,(H3,14,15,16,17,18,20). The van der Waals surface area contributed by atoms with Gasteiger partial charge in [0.1, 0.15) is 18.1 Å². The average Bonchev–Trinajstić information content (AvgIpc) is 3.10. The van der Waals surface area contributed by atoms with E-state index < -0.39 is 8.07 Å². The predicted octanol–water partition coefficient (Wildman–Crippen LogP) is 1.51. The van der Waals surface area contributed by atoms with Gasteiger partial charge in [0.05, 0.1) is 0 Å². The van der Waals surface area contributed by atoms with Crippen molar-refractivity contribution in [2.45, 2.75) is 32.4 Å². The van der Waals surface area contributed by atoms with Crippen molar-refractivity contribution in [2.24, 2.45) is 0 Å². The molecule has 0 aromatic carbocycles. The van der Waals surface area contributed by atoms with Gasteiger partial charge < -0.3 is 10.5 Å². The zero-order chi connectivity index (χ0) is 16.4. The highest BCUT2D eigenvalue weighted by atomic mass is 28.3. The number of hydrogen-bond acceptors (Lipinski definition) is 7. The topological polar surface area (TPSA) is 120 Å². The highest BCUT2D eigenvalue weighted by Gasteiger charge is 2.15. The van der Waals surface area contributed by atoms with Crippen molar-refractivity contribution < 1.29 is 4.74 Å². The maximum absolute atomic E-state index is 5.71. The van der Waals surface area contributed by atoms with Crippen LogP contribution in [0, 0.1) is 0 Å². The Hall–Kier alpha value is -2.33. The average molecular weight is 332 g/mol. The summed E-state index contributed by atoms with van der Waals surface area (Å²) in [5.41, 5.74) is 7.89. The Kier molecular flexibility index (Phi) is 4.09. The zero-order valence-corrected chi connectivity index (χ0v) is 14.4. The molecule has 0 amide bonds. The van der Waals surface area contributed by atoms with Gasteiger partial charge in [-0.05, 0) is 12.1 Å². The van der Waals surface area contributed by atoms with E-state index in [1.165, 1.54) is 0 Å². The van der Waals surface area contributed by atoms with Crippen LogP contribution in [0.3, 0.4) is 0 Å². The highest BCUT2D eigenvalue weighted by molar-refractivity contribution is 6.76. The molecule has 0 saturated carbocycles. The van der Waals surface area contributed by atoms with Gasteiger partial charge in [-0.2, -0.15) is 20.4 Å². The van der Waals surface area contributed by atoms with E-state index in [1.807, 2.05) is 12.3 Å². The van der Waals surface area contributed by atoms with Crippen LogP contribution in [0.4, 0.5) is 5.95 Å². The Balaban J connectivity index is 1.72. The number of nitrogen functional groups attached to an aromatic ring is 1. The van der Waals surface area contributed by atoms with Gasteiger partial charge in [0, 0.05) is 20.9 Å². The molecule has 0 radical (unpaired) electrons. The minimum atomic E-state index is -1.08. The van der Waals surface area contributed by atoms with Gasteiger partial charge in [-0.25, -0.2) is 9.67 Å². The van der Waals surface area contributed by atoms with Crippen LogP contribution in [0.5, 0.6) is 0 Å². The van der Waals surface area contributed by atoms with Crippen LogP contribution in [-0.4, -0.2) is 49.8 Å². The second kappa shape index (κ2) is 6.05. The molecule has 3 N–H and O–H groups in total. The normalized spacial score (nSPS) is 12.1. The molecule has 3 rings (SSSR count). The van der Waals surface area contributed by atoms with Gasteiger partial charge in [0.2, 0.25) is 11.6 Å². The van der Waals surface area contributed by atoms with Crippen molar-refractivity contribution in [3.8, 4) is 11.4 Å². The van der Waals surface area contributed by atoms with E-state index in [2.05, 4.69) is 50.1 Å². The number of aromatic amines is 1. The molecule has 0 aliphatic heterocycles. The number of aromatic nitrogens is 7. The first kappa shape index (κ1) is 15.6. The number of H-pyrrole nitrogens is 1. The maximum atomic E-state index is 5.71. The molecule has 10 heteroatoms. The summed E-state index contributed by atoms with van der Waals surface area (Å²) in [4.78, 5) is 8.24. The number of nitrogens with one attached hydrogen (secondary N) is 1. The highest BCUT2D eigenvalue weighted by Crippen LogP contribution is 2.22. The smallest absolute Gasteiger partial charge is 0.222 e. The van der Waals surface area contributed by atoms with Crippen molar-refractivity contribution >= 4 is 25.2 Å². The fourth-order valence-corrected chi connectivity index (χ4v) is 2.79. The number of ether oxygens (including phenoxy) is 1. The summed E-state index contributed by atoms with van der Waals surface area (Å²) >= 11 is 0. The van der Waals surface area contributed by atoms with Crippen LogP contribution in [-0.2, 0) is 11.5 Å². The molecule has 0 spiro atoms. The molecule has 9 nitrogen and oxygen atoms in total. The lowest BCUT2D eigenvalue weighted by molar-refractivity contribution is 0.0787.